The monoisotopic (exact) mass is 232 g/mol. The van der Waals surface area contributed by atoms with E-state index in [1.165, 1.54) is 0 Å². The fourth-order valence-corrected chi connectivity index (χ4v) is 2.25. The Kier molecular flexibility index (Phi) is 3.45. The van der Waals surface area contributed by atoms with Gasteiger partial charge in [-0.25, -0.2) is 4.98 Å². The molecule has 0 saturated carbocycles. The molecule has 0 aliphatic carbocycles. The molecule has 0 radical (unpaired) electrons. The molecule has 1 aliphatic rings. The van der Waals surface area contributed by atoms with E-state index in [2.05, 4.69) is 11.1 Å². The predicted molar refractivity (Wildman–Crippen MR) is 65.4 cm³/mol. The molecule has 5 heteroatoms. The van der Waals surface area contributed by atoms with Crippen molar-refractivity contribution in [3.63, 3.8) is 0 Å². The first-order valence-corrected chi connectivity index (χ1v) is 5.79. The van der Waals surface area contributed by atoms with Gasteiger partial charge in [0.2, 0.25) is 0 Å². The Morgan fingerprint density at radius 1 is 1.59 bits per heavy atom. The van der Waals surface area contributed by atoms with Crippen LogP contribution in [-0.4, -0.2) is 29.3 Å². The van der Waals surface area contributed by atoms with Gasteiger partial charge in [-0.2, -0.15) is 5.26 Å². The molecule has 1 aliphatic heterocycles. The van der Waals surface area contributed by atoms with Crippen LogP contribution in [0.15, 0.2) is 12.3 Å². The highest BCUT2D eigenvalue weighted by Gasteiger charge is 2.24. The highest BCUT2D eigenvalue weighted by atomic mass is 16.3. The molecule has 1 aromatic heterocycles. The van der Waals surface area contributed by atoms with E-state index in [0.29, 0.717) is 17.1 Å². The van der Waals surface area contributed by atoms with Gasteiger partial charge < -0.3 is 15.7 Å². The number of anilines is 2. The lowest BCUT2D eigenvalue weighted by Gasteiger charge is -2.35. The largest absolute Gasteiger partial charge is 0.397 e. The van der Waals surface area contributed by atoms with Crippen molar-refractivity contribution in [1.82, 2.24) is 4.98 Å². The number of rotatable bonds is 2. The summed E-state index contributed by atoms with van der Waals surface area (Å²) in [6.07, 6.45) is 4.67. The maximum atomic E-state index is 9.36. The molecule has 0 aromatic carbocycles. The second-order valence-corrected chi connectivity index (χ2v) is 4.28. The Morgan fingerprint density at radius 2 is 2.41 bits per heavy atom. The molecule has 0 spiro atoms. The number of pyridine rings is 1. The average molecular weight is 232 g/mol. The summed E-state index contributed by atoms with van der Waals surface area (Å²) in [5.41, 5.74) is 6.58. The standard InChI is InChI=1S/C12H16N4O/c13-6-9-5-10(14)7-15-12(9)16-4-2-1-3-11(16)8-17/h5,7,11,17H,1-4,8,14H2. The van der Waals surface area contributed by atoms with Gasteiger partial charge in [0.05, 0.1) is 30.1 Å². The topological polar surface area (TPSA) is 86.2 Å². The number of aromatic nitrogens is 1. The zero-order valence-electron chi connectivity index (χ0n) is 9.63. The van der Waals surface area contributed by atoms with Crippen molar-refractivity contribution < 1.29 is 5.11 Å². The smallest absolute Gasteiger partial charge is 0.146 e. The molecule has 5 nitrogen and oxygen atoms in total. The molecule has 1 fully saturated rings. The second-order valence-electron chi connectivity index (χ2n) is 4.28. The molecule has 17 heavy (non-hydrogen) atoms. The van der Waals surface area contributed by atoms with E-state index >= 15 is 0 Å². The van der Waals surface area contributed by atoms with Gasteiger partial charge in [0.25, 0.3) is 0 Å². The number of piperidine rings is 1. The number of nitrogen functional groups attached to an aromatic ring is 1. The number of hydrogen-bond donors (Lipinski definition) is 2. The van der Waals surface area contributed by atoms with Gasteiger partial charge in [-0.3, -0.25) is 0 Å². The molecule has 0 amide bonds. The normalized spacial score (nSPS) is 20.0. The van der Waals surface area contributed by atoms with E-state index in [-0.39, 0.29) is 12.6 Å². The fraction of sp³-hybridized carbons (Fsp3) is 0.500. The fourth-order valence-electron chi connectivity index (χ4n) is 2.25. The Morgan fingerprint density at radius 3 is 3.12 bits per heavy atom. The molecule has 2 heterocycles. The van der Waals surface area contributed by atoms with E-state index in [1.54, 1.807) is 12.3 Å². The molecular weight excluding hydrogens is 216 g/mol. The SMILES string of the molecule is N#Cc1cc(N)cnc1N1CCCCC1CO. The van der Waals surface area contributed by atoms with Crippen molar-refractivity contribution in [2.75, 3.05) is 23.8 Å². The van der Waals surface area contributed by atoms with E-state index in [1.807, 2.05) is 4.90 Å². The summed E-state index contributed by atoms with van der Waals surface area (Å²) in [6, 6.07) is 3.80. The van der Waals surface area contributed by atoms with Crippen LogP contribution in [0, 0.1) is 11.3 Å². The quantitative estimate of drug-likeness (QED) is 0.790. The first kappa shape index (κ1) is 11.7. The minimum atomic E-state index is 0.0620. The van der Waals surface area contributed by atoms with Gasteiger partial charge in [-0.05, 0) is 25.3 Å². The highest BCUT2D eigenvalue weighted by Crippen LogP contribution is 2.26. The lowest BCUT2D eigenvalue weighted by Crippen LogP contribution is -2.42. The predicted octanol–water partition coefficient (Wildman–Crippen LogP) is 0.887. The Hall–Kier alpha value is -1.80. The minimum absolute atomic E-state index is 0.0620. The van der Waals surface area contributed by atoms with Gasteiger partial charge in [0.15, 0.2) is 0 Å². The third-order valence-corrected chi connectivity index (χ3v) is 3.12. The lowest BCUT2D eigenvalue weighted by atomic mass is 10.0. The number of nitrogens with two attached hydrogens (primary N) is 1. The van der Waals surface area contributed by atoms with Crippen LogP contribution in [0.3, 0.4) is 0 Å². The molecule has 90 valence electrons. The van der Waals surface area contributed by atoms with Crippen molar-refractivity contribution in [3.05, 3.63) is 17.8 Å². The van der Waals surface area contributed by atoms with Crippen LogP contribution >= 0.6 is 0 Å². The van der Waals surface area contributed by atoms with E-state index < -0.39 is 0 Å². The number of nitrogens with zero attached hydrogens (tertiary/aromatic N) is 3. The molecule has 1 unspecified atom stereocenters. The molecule has 0 bridgehead atoms. The Bertz CT molecular complexity index is 441. The molecule has 1 aromatic rings. The minimum Gasteiger partial charge on any atom is -0.397 e. The summed E-state index contributed by atoms with van der Waals surface area (Å²) in [7, 11) is 0. The third-order valence-electron chi connectivity index (χ3n) is 3.12. The van der Waals surface area contributed by atoms with Gasteiger partial charge in [-0.1, -0.05) is 0 Å². The Labute approximate surface area is 100 Å². The average Bonchev–Trinajstić information content (AvgIpc) is 2.38. The summed E-state index contributed by atoms with van der Waals surface area (Å²) in [6.45, 7) is 0.924. The van der Waals surface area contributed by atoms with E-state index in [9.17, 15) is 5.11 Å². The van der Waals surface area contributed by atoms with Crippen LogP contribution < -0.4 is 10.6 Å². The number of nitriles is 1. The van der Waals surface area contributed by atoms with Gasteiger partial charge in [0.1, 0.15) is 11.9 Å². The summed E-state index contributed by atoms with van der Waals surface area (Å²) in [5, 5.41) is 18.5. The van der Waals surface area contributed by atoms with Crippen molar-refractivity contribution in [1.29, 1.82) is 5.26 Å². The number of aliphatic hydroxyl groups is 1. The van der Waals surface area contributed by atoms with E-state index in [4.69, 9.17) is 11.0 Å². The van der Waals surface area contributed by atoms with Crippen LogP contribution in [0.25, 0.3) is 0 Å². The molecule has 1 atom stereocenters. The van der Waals surface area contributed by atoms with Gasteiger partial charge >= 0.3 is 0 Å². The molecule has 2 rings (SSSR count). The van der Waals surface area contributed by atoms with Gasteiger partial charge in [0, 0.05) is 6.54 Å². The number of aliphatic hydroxyl groups excluding tert-OH is 1. The van der Waals surface area contributed by atoms with Crippen LogP contribution in [0.1, 0.15) is 24.8 Å². The molecule has 1 saturated heterocycles. The summed E-state index contributed by atoms with van der Waals surface area (Å²) in [5.74, 6) is 0.639. The maximum absolute atomic E-state index is 9.36. The third kappa shape index (κ3) is 2.32. The second kappa shape index (κ2) is 5.02. The summed E-state index contributed by atoms with van der Waals surface area (Å²) >= 11 is 0. The first-order valence-electron chi connectivity index (χ1n) is 5.79. The number of hydrogen-bond acceptors (Lipinski definition) is 5. The molecular formula is C12H16N4O. The van der Waals surface area contributed by atoms with Crippen molar-refractivity contribution >= 4 is 11.5 Å². The highest BCUT2D eigenvalue weighted by molar-refractivity contribution is 5.59. The van der Waals surface area contributed by atoms with Crippen molar-refractivity contribution in [3.8, 4) is 6.07 Å². The maximum Gasteiger partial charge on any atom is 0.146 e. The van der Waals surface area contributed by atoms with Crippen LogP contribution in [0.4, 0.5) is 11.5 Å². The summed E-state index contributed by atoms with van der Waals surface area (Å²) in [4.78, 5) is 6.25. The van der Waals surface area contributed by atoms with Gasteiger partial charge in [-0.15, -0.1) is 0 Å². The molecule has 3 N–H and O–H groups in total. The lowest BCUT2D eigenvalue weighted by molar-refractivity contribution is 0.239. The first-order chi connectivity index (χ1) is 8.26. The zero-order valence-corrected chi connectivity index (χ0v) is 9.63. The van der Waals surface area contributed by atoms with Crippen LogP contribution in [0.2, 0.25) is 0 Å². The van der Waals surface area contributed by atoms with Crippen molar-refractivity contribution in [2.45, 2.75) is 25.3 Å². The summed E-state index contributed by atoms with van der Waals surface area (Å²) < 4.78 is 0. The zero-order chi connectivity index (χ0) is 12.3. The van der Waals surface area contributed by atoms with Crippen LogP contribution in [0.5, 0.6) is 0 Å². The van der Waals surface area contributed by atoms with E-state index in [0.717, 1.165) is 25.8 Å². The Balaban J connectivity index is 2.35. The van der Waals surface area contributed by atoms with Crippen molar-refractivity contribution in [2.24, 2.45) is 0 Å². The van der Waals surface area contributed by atoms with Crippen LogP contribution in [-0.2, 0) is 0 Å².